The Labute approximate surface area is 135 Å². The molecule has 0 spiro atoms. The van der Waals surface area contributed by atoms with Gasteiger partial charge in [0.25, 0.3) is 0 Å². The standard InChI is InChI=1S/C16H14BrNS2/c1-11-10-12(17)6-7-13(11)18-16(14-4-2-8-19-14)15-5-3-9-20-15/h2-10,16,18H,1H3. The Bertz CT molecular complexity index is 640. The molecule has 102 valence electrons. The highest BCUT2D eigenvalue weighted by atomic mass is 79.9. The van der Waals surface area contributed by atoms with Crippen LogP contribution in [0.2, 0.25) is 0 Å². The maximum Gasteiger partial charge on any atom is 0.0953 e. The number of rotatable bonds is 4. The van der Waals surface area contributed by atoms with Crippen LogP contribution in [-0.4, -0.2) is 0 Å². The maximum atomic E-state index is 3.68. The third-order valence-electron chi connectivity index (χ3n) is 3.14. The van der Waals surface area contributed by atoms with Gasteiger partial charge in [0.2, 0.25) is 0 Å². The Morgan fingerprint density at radius 3 is 2.15 bits per heavy atom. The molecular weight excluding hydrogens is 350 g/mol. The third kappa shape index (κ3) is 2.97. The first-order valence-corrected chi connectivity index (χ1v) is 8.89. The predicted molar refractivity (Wildman–Crippen MR) is 93.0 cm³/mol. The van der Waals surface area contributed by atoms with Gasteiger partial charge in [-0.15, -0.1) is 22.7 Å². The zero-order valence-electron chi connectivity index (χ0n) is 11.0. The number of hydrogen-bond acceptors (Lipinski definition) is 3. The summed E-state index contributed by atoms with van der Waals surface area (Å²) in [6.07, 6.45) is 0. The van der Waals surface area contributed by atoms with E-state index in [0.29, 0.717) is 0 Å². The fourth-order valence-corrected chi connectivity index (χ4v) is 4.27. The molecule has 0 amide bonds. The summed E-state index contributed by atoms with van der Waals surface area (Å²) in [5, 5.41) is 7.94. The fourth-order valence-electron chi connectivity index (χ4n) is 2.14. The highest BCUT2D eigenvalue weighted by molar-refractivity contribution is 9.10. The molecule has 3 rings (SSSR count). The molecule has 3 aromatic rings. The maximum absolute atomic E-state index is 3.68. The van der Waals surface area contributed by atoms with Crippen molar-refractivity contribution in [3.05, 3.63) is 73.0 Å². The van der Waals surface area contributed by atoms with Crippen LogP contribution >= 0.6 is 38.6 Å². The van der Waals surface area contributed by atoms with Gasteiger partial charge in [-0.1, -0.05) is 28.1 Å². The molecule has 4 heteroatoms. The molecule has 1 nitrogen and oxygen atoms in total. The zero-order chi connectivity index (χ0) is 13.9. The van der Waals surface area contributed by atoms with Gasteiger partial charge in [0.15, 0.2) is 0 Å². The van der Waals surface area contributed by atoms with E-state index in [1.54, 1.807) is 22.7 Å². The summed E-state index contributed by atoms with van der Waals surface area (Å²) in [5.41, 5.74) is 2.43. The van der Waals surface area contributed by atoms with Gasteiger partial charge in [-0.3, -0.25) is 0 Å². The molecule has 2 aromatic heterocycles. The number of aryl methyl sites for hydroxylation is 1. The van der Waals surface area contributed by atoms with Crippen molar-refractivity contribution in [2.75, 3.05) is 5.32 Å². The molecule has 0 saturated carbocycles. The molecule has 0 aliphatic carbocycles. The second-order valence-corrected chi connectivity index (χ2v) is 7.44. The second-order valence-electron chi connectivity index (χ2n) is 4.57. The van der Waals surface area contributed by atoms with Crippen molar-refractivity contribution < 1.29 is 0 Å². The van der Waals surface area contributed by atoms with Crippen LogP contribution in [-0.2, 0) is 0 Å². The highest BCUT2D eigenvalue weighted by Gasteiger charge is 2.16. The lowest BCUT2D eigenvalue weighted by molar-refractivity contribution is 0.989. The van der Waals surface area contributed by atoms with E-state index in [-0.39, 0.29) is 6.04 Å². The topological polar surface area (TPSA) is 12.0 Å². The van der Waals surface area contributed by atoms with Crippen molar-refractivity contribution in [2.24, 2.45) is 0 Å². The van der Waals surface area contributed by atoms with E-state index in [2.05, 4.69) is 81.4 Å². The van der Waals surface area contributed by atoms with Gasteiger partial charge in [0, 0.05) is 19.9 Å². The number of hydrogen-bond donors (Lipinski definition) is 1. The molecule has 0 fully saturated rings. The lowest BCUT2D eigenvalue weighted by Gasteiger charge is -2.19. The van der Waals surface area contributed by atoms with Crippen LogP contribution in [0.15, 0.2) is 57.7 Å². The number of nitrogens with one attached hydrogen (secondary N) is 1. The van der Waals surface area contributed by atoms with E-state index in [4.69, 9.17) is 0 Å². The molecule has 0 radical (unpaired) electrons. The Balaban J connectivity index is 1.95. The molecular formula is C16H14BrNS2. The summed E-state index contributed by atoms with van der Waals surface area (Å²) in [6.45, 7) is 2.13. The molecule has 0 aliphatic rings. The highest BCUT2D eigenvalue weighted by Crippen LogP contribution is 2.33. The van der Waals surface area contributed by atoms with Crippen molar-refractivity contribution in [1.82, 2.24) is 0 Å². The predicted octanol–water partition coefficient (Wildman–Crippen LogP) is 6.08. The summed E-state index contributed by atoms with van der Waals surface area (Å²) >= 11 is 7.10. The van der Waals surface area contributed by atoms with Gasteiger partial charge in [0.05, 0.1) is 6.04 Å². The Morgan fingerprint density at radius 1 is 1.00 bits per heavy atom. The molecule has 20 heavy (non-hydrogen) atoms. The first kappa shape index (κ1) is 13.9. The average Bonchev–Trinajstić information content (AvgIpc) is 3.11. The van der Waals surface area contributed by atoms with Gasteiger partial charge >= 0.3 is 0 Å². The quantitative estimate of drug-likeness (QED) is 0.591. The molecule has 1 aromatic carbocycles. The van der Waals surface area contributed by atoms with Crippen LogP contribution in [0.3, 0.4) is 0 Å². The Morgan fingerprint density at radius 2 is 1.65 bits per heavy atom. The summed E-state index contributed by atoms with van der Waals surface area (Å²) in [4.78, 5) is 2.68. The summed E-state index contributed by atoms with van der Waals surface area (Å²) in [7, 11) is 0. The number of halogens is 1. The molecule has 0 aliphatic heterocycles. The molecule has 0 bridgehead atoms. The Hall–Kier alpha value is -1.10. The van der Waals surface area contributed by atoms with Crippen molar-refractivity contribution in [1.29, 1.82) is 0 Å². The minimum Gasteiger partial charge on any atom is -0.373 e. The summed E-state index contributed by atoms with van der Waals surface area (Å²) < 4.78 is 1.12. The van der Waals surface area contributed by atoms with E-state index in [1.807, 2.05) is 0 Å². The van der Waals surface area contributed by atoms with Crippen molar-refractivity contribution in [3.8, 4) is 0 Å². The van der Waals surface area contributed by atoms with E-state index in [1.165, 1.54) is 21.0 Å². The molecule has 2 heterocycles. The average molecular weight is 364 g/mol. The van der Waals surface area contributed by atoms with Gasteiger partial charge in [-0.2, -0.15) is 0 Å². The van der Waals surface area contributed by atoms with E-state index >= 15 is 0 Å². The minimum absolute atomic E-state index is 0.231. The van der Waals surface area contributed by atoms with Gasteiger partial charge < -0.3 is 5.32 Å². The molecule has 1 N–H and O–H groups in total. The van der Waals surface area contributed by atoms with Gasteiger partial charge in [-0.05, 0) is 53.6 Å². The first-order chi connectivity index (χ1) is 9.74. The fraction of sp³-hybridized carbons (Fsp3) is 0.125. The lowest BCUT2D eigenvalue weighted by Crippen LogP contribution is -2.10. The largest absolute Gasteiger partial charge is 0.373 e. The van der Waals surface area contributed by atoms with Crippen LogP contribution < -0.4 is 5.32 Å². The summed E-state index contributed by atoms with van der Waals surface area (Å²) in [6, 6.07) is 15.2. The lowest BCUT2D eigenvalue weighted by atomic mass is 10.1. The van der Waals surface area contributed by atoms with E-state index in [0.717, 1.165) is 4.47 Å². The van der Waals surface area contributed by atoms with E-state index < -0.39 is 0 Å². The number of thiophene rings is 2. The second kappa shape index (κ2) is 6.12. The third-order valence-corrected chi connectivity index (χ3v) is 5.51. The zero-order valence-corrected chi connectivity index (χ0v) is 14.2. The van der Waals surface area contributed by atoms with Gasteiger partial charge in [-0.25, -0.2) is 0 Å². The van der Waals surface area contributed by atoms with Crippen LogP contribution in [0.5, 0.6) is 0 Å². The number of benzene rings is 1. The first-order valence-electron chi connectivity index (χ1n) is 6.33. The van der Waals surface area contributed by atoms with Crippen molar-refractivity contribution >= 4 is 44.3 Å². The molecule has 0 atom stereocenters. The van der Waals surface area contributed by atoms with Gasteiger partial charge in [0.1, 0.15) is 0 Å². The van der Waals surface area contributed by atoms with Crippen LogP contribution in [0.4, 0.5) is 5.69 Å². The Kier molecular flexibility index (Phi) is 4.24. The minimum atomic E-state index is 0.231. The van der Waals surface area contributed by atoms with E-state index in [9.17, 15) is 0 Å². The van der Waals surface area contributed by atoms with Crippen molar-refractivity contribution in [3.63, 3.8) is 0 Å². The van der Waals surface area contributed by atoms with Crippen LogP contribution in [0.25, 0.3) is 0 Å². The normalized spacial score (nSPS) is 10.9. The summed E-state index contributed by atoms with van der Waals surface area (Å²) in [5.74, 6) is 0. The SMILES string of the molecule is Cc1cc(Br)ccc1NC(c1cccs1)c1cccs1. The molecule has 0 saturated heterocycles. The number of anilines is 1. The molecule has 0 unspecified atom stereocenters. The monoisotopic (exact) mass is 363 g/mol. The van der Waals surface area contributed by atoms with Crippen LogP contribution in [0, 0.1) is 6.92 Å². The van der Waals surface area contributed by atoms with Crippen LogP contribution in [0.1, 0.15) is 21.4 Å². The van der Waals surface area contributed by atoms with Crippen molar-refractivity contribution in [2.45, 2.75) is 13.0 Å². The smallest absolute Gasteiger partial charge is 0.0953 e.